The van der Waals surface area contributed by atoms with E-state index in [-0.39, 0.29) is 0 Å². The smallest absolute Gasteiger partial charge is 0.114 e. The molecule has 0 aliphatic carbocycles. The molecule has 0 aliphatic rings. The van der Waals surface area contributed by atoms with Crippen molar-refractivity contribution in [2.45, 2.75) is 26.7 Å². The Bertz CT molecular complexity index is 742. The van der Waals surface area contributed by atoms with Gasteiger partial charge in [-0.3, -0.25) is 4.57 Å². The number of aromatic nitrogens is 2. The van der Waals surface area contributed by atoms with Crippen LogP contribution in [0, 0.1) is 6.92 Å². The van der Waals surface area contributed by atoms with E-state index in [0.717, 1.165) is 40.4 Å². The molecule has 0 bridgehead atoms. The zero-order valence-electron chi connectivity index (χ0n) is 11.7. The third-order valence-corrected chi connectivity index (χ3v) is 3.69. The molecule has 2 aromatic carbocycles. The predicted octanol–water partition coefficient (Wildman–Crippen LogP) is 4.94. The Hall–Kier alpha value is -1.80. The van der Waals surface area contributed by atoms with E-state index in [2.05, 4.69) is 42.7 Å². The van der Waals surface area contributed by atoms with Gasteiger partial charge in [0.05, 0.1) is 11.0 Å². The number of hydrogen-bond donors (Lipinski definition) is 0. The van der Waals surface area contributed by atoms with Crippen LogP contribution in [0.3, 0.4) is 0 Å². The monoisotopic (exact) mass is 284 g/mol. The number of aryl methyl sites for hydroxylation is 2. The van der Waals surface area contributed by atoms with Gasteiger partial charge in [0.2, 0.25) is 0 Å². The van der Waals surface area contributed by atoms with E-state index >= 15 is 0 Å². The zero-order valence-corrected chi connectivity index (χ0v) is 12.5. The first-order valence-corrected chi connectivity index (χ1v) is 7.31. The highest BCUT2D eigenvalue weighted by atomic mass is 35.5. The Morgan fingerprint density at radius 1 is 1.10 bits per heavy atom. The number of fused-ring (bicyclic) bond motifs is 1. The van der Waals surface area contributed by atoms with Gasteiger partial charge in [-0.15, -0.1) is 0 Å². The first kappa shape index (κ1) is 13.2. The van der Waals surface area contributed by atoms with Crippen molar-refractivity contribution in [3.63, 3.8) is 0 Å². The second-order valence-corrected chi connectivity index (χ2v) is 5.52. The maximum atomic E-state index is 6.15. The van der Waals surface area contributed by atoms with Crippen LogP contribution < -0.4 is 0 Å². The lowest BCUT2D eigenvalue weighted by molar-refractivity contribution is 0.818. The third kappa shape index (κ3) is 2.32. The highest BCUT2D eigenvalue weighted by molar-refractivity contribution is 6.31. The number of nitrogens with zero attached hydrogens (tertiary/aromatic N) is 2. The molecular weight excluding hydrogens is 268 g/mol. The zero-order chi connectivity index (χ0) is 14.1. The van der Waals surface area contributed by atoms with Gasteiger partial charge in [0.1, 0.15) is 5.82 Å². The van der Waals surface area contributed by atoms with Crippen molar-refractivity contribution in [1.29, 1.82) is 0 Å². The fraction of sp³-hybridized carbons (Fsp3) is 0.235. The summed E-state index contributed by atoms with van der Waals surface area (Å²) in [6.07, 6.45) is 2.03. The van der Waals surface area contributed by atoms with Crippen LogP contribution in [0.1, 0.15) is 24.7 Å². The van der Waals surface area contributed by atoms with Crippen molar-refractivity contribution < 1.29 is 0 Å². The van der Waals surface area contributed by atoms with Crippen molar-refractivity contribution >= 4 is 22.6 Å². The molecular formula is C17H17ClN2. The lowest BCUT2D eigenvalue weighted by atomic mass is 10.2. The summed E-state index contributed by atoms with van der Waals surface area (Å²) in [4.78, 5) is 4.75. The van der Waals surface area contributed by atoms with Gasteiger partial charge in [-0.25, -0.2) is 4.98 Å². The van der Waals surface area contributed by atoms with Crippen LogP contribution in [0.25, 0.3) is 16.7 Å². The second-order valence-electron chi connectivity index (χ2n) is 5.08. The molecule has 0 N–H and O–H groups in total. The number of imidazole rings is 1. The van der Waals surface area contributed by atoms with Crippen LogP contribution in [0.15, 0.2) is 42.5 Å². The van der Waals surface area contributed by atoms with Crippen molar-refractivity contribution in [2.75, 3.05) is 0 Å². The number of halogens is 1. The average molecular weight is 285 g/mol. The summed E-state index contributed by atoms with van der Waals surface area (Å²) in [5, 5.41) is 0.744. The van der Waals surface area contributed by atoms with Crippen LogP contribution in [-0.2, 0) is 6.42 Å². The molecule has 0 fully saturated rings. The minimum atomic E-state index is 0.744. The van der Waals surface area contributed by atoms with Gasteiger partial charge in [0.25, 0.3) is 0 Å². The van der Waals surface area contributed by atoms with E-state index in [0.29, 0.717) is 0 Å². The van der Waals surface area contributed by atoms with Crippen LogP contribution >= 0.6 is 11.6 Å². The van der Waals surface area contributed by atoms with Crippen molar-refractivity contribution in [3.05, 3.63) is 58.9 Å². The third-order valence-electron chi connectivity index (χ3n) is 3.45. The Labute approximate surface area is 124 Å². The van der Waals surface area contributed by atoms with Gasteiger partial charge in [-0.05, 0) is 43.7 Å². The lowest BCUT2D eigenvalue weighted by Gasteiger charge is -2.09. The quantitative estimate of drug-likeness (QED) is 0.666. The van der Waals surface area contributed by atoms with Gasteiger partial charge >= 0.3 is 0 Å². The van der Waals surface area contributed by atoms with E-state index in [1.807, 2.05) is 18.2 Å². The number of hydrogen-bond acceptors (Lipinski definition) is 1. The van der Waals surface area contributed by atoms with Gasteiger partial charge in [-0.1, -0.05) is 36.2 Å². The summed E-state index contributed by atoms with van der Waals surface area (Å²) in [6.45, 7) is 4.27. The Kier molecular flexibility index (Phi) is 3.49. The highest BCUT2D eigenvalue weighted by Crippen LogP contribution is 2.25. The van der Waals surface area contributed by atoms with Gasteiger partial charge in [0.15, 0.2) is 0 Å². The van der Waals surface area contributed by atoms with Gasteiger partial charge in [0, 0.05) is 17.1 Å². The standard InChI is InChI=1S/C17H17ClN2/c1-3-4-17-19-15-10-7-13(18)11-16(15)20(17)14-8-5-12(2)6-9-14/h5-11H,3-4H2,1-2H3. The first-order valence-electron chi connectivity index (χ1n) is 6.93. The van der Waals surface area contributed by atoms with Gasteiger partial charge < -0.3 is 0 Å². The van der Waals surface area contributed by atoms with Crippen LogP contribution in [0.5, 0.6) is 0 Å². The number of benzene rings is 2. The molecule has 20 heavy (non-hydrogen) atoms. The van der Waals surface area contributed by atoms with Gasteiger partial charge in [-0.2, -0.15) is 0 Å². The van der Waals surface area contributed by atoms with Crippen LogP contribution in [0.2, 0.25) is 5.02 Å². The minimum absolute atomic E-state index is 0.744. The molecule has 2 nitrogen and oxygen atoms in total. The molecule has 0 saturated heterocycles. The van der Waals surface area contributed by atoms with Crippen molar-refractivity contribution in [2.24, 2.45) is 0 Å². The molecule has 102 valence electrons. The summed E-state index contributed by atoms with van der Waals surface area (Å²) < 4.78 is 2.21. The second kappa shape index (κ2) is 5.29. The fourth-order valence-corrected chi connectivity index (χ4v) is 2.64. The summed E-state index contributed by atoms with van der Waals surface area (Å²) in [6, 6.07) is 14.4. The topological polar surface area (TPSA) is 17.8 Å². The molecule has 1 aromatic heterocycles. The summed E-state index contributed by atoms with van der Waals surface area (Å²) in [7, 11) is 0. The molecule has 0 saturated carbocycles. The minimum Gasteiger partial charge on any atom is -0.296 e. The molecule has 0 spiro atoms. The van der Waals surface area contributed by atoms with Crippen LogP contribution in [0.4, 0.5) is 0 Å². The summed E-state index contributed by atoms with van der Waals surface area (Å²) >= 11 is 6.15. The molecule has 3 heteroatoms. The highest BCUT2D eigenvalue weighted by Gasteiger charge is 2.12. The predicted molar refractivity (Wildman–Crippen MR) is 84.8 cm³/mol. The molecule has 3 aromatic rings. The Morgan fingerprint density at radius 3 is 2.55 bits per heavy atom. The Morgan fingerprint density at radius 2 is 1.85 bits per heavy atom. The van der Waals surface area contributed by atoms with E-state index in [1.54, 1.807) is 0 Å². The van der Waals surface area contributed by atoms with Crippen LogP contribution in [-0.4, -0.2) is 9.55 Å². The molecule has 0 atom stereocenters. The number of rotatable bonds is 3. The normalized spacial score (nSPS) is 11.2. The fourth-order valence-electron chi connectivity index (χ4n) is 2.47. The van der Waals surface area contributed by atoms with E-state index in [4.69, 9.17) is 16.6 Å². The maximum absolute atomic E-state index is 6.15. The molecule has 0 aliphatic heterocycles. The average Bonchev–Trinajstić information content (AvgIpc) is 2.78. The first-order chi connectivity index (χ1) is 9.69. The lowest BCUT2D eigenvalue weighted by Crippen LogP contribution is -2.01. The summed E-state index contributed by atoms with van der Waals surface area (Å²) in [5.41, 5.74) is 4.47. The van der Waals surface area contributed by atoms with E-state index in [1.165, 1.54) is 5.56 Å². The molecule has 0 radical (unpaired) electrons. The molecule has 0 unspecified atom stereocenters. The molecule has 1 heterocycles. The Balaban J connectivity index is 2.27. The molecule has 0 amide bonds. The maximum Gasteiger partial charge on any atom is 0.114 e. The molecule has 3 rings (SSSR count). The van der Waals surface area contributed by atoms with Crippen molar-refractivity contribution in [3.8, 4) is 5.69 Å². The largest absolute Gasteiger partial charge is 0.296 e. The summed E-state index contributed by atoms with van der Waals surface area (Å²) in [5.74, 6) is 1.09. The SMILES string of the molecule is CCCc1nc2ccc(Cl)cc2n1-c1ccc(C)cc1. The van der Waals surface area contributed by atoms with Crippen molar-refractivity contribution in [1.82, 2.24) is 9.55 Å². The van der Waals surface area contributed by atoms with E-state index in [9.17, 15) is 0 Å². The van der Waals surface area contributed by atoms with E-state index < -0.39 is 0 Å².